The molecule has 1 unspecified atom stereocenters. The maximum absolute atomic E-state index is 11.1. The molecule has 1 aliphatic heterocycles. The number of rotatable bonds is 11. The molecule has 1 aromatic carbocycles. The van der Waals surface area contributed by atoms with Gasteiger partial charge in [-0.05, 0) is 6.07 Å². The Kier molecular flexibility index (Phi) is 14.9. The molecule has 1 aromatic rings. The summed E-state index contributed by atoms with van der Waals surface area (Å²) in [4.78, 5) is 3.94. The molecule has 33 heavy (non-hydrogen) atoms. The van der Waals surface area contributed by atoms with E-state index in [4.69, 9.17) is 23.3 Å². The Morgan fingerprint density at radius 3 is 1.88 bits per heavy atom. The first-order chi connectivity index (χ1) is 14.5. The minimum absolute atomic E-state index is 0. The Morgan fingerprint density at radius 1 is 0.879 bits per heavy atom. The maximum Gasteiger partial charge on any atom is 0.397 e. The fraction of sp³-hybridized carbons (Fsp3) is 0.647. The molecule has 0 aromatic heterocycles. The summed E-state index contributed by atoms with van der Waals surface area (Å²) in [6.45, 7) is 2.66. The van der Waals surface area contributed by atoms with Crippen LogP contribution in [0.5, 0.6) is 17.2 Å². The van der Waals surface area contributed by atoms with Gasteiger partial charge in [0, 0.05) is 104 Å². The van der Waals surface area contributed by atoms with Crippen molar-refractivity contribution in [2.75, 3.05) is 59.8 Å². The van der Waals surface area contributed by atoms with Gasteiger partial charge in [-0.1, -0.05) is 6.07 Å². The molecule has 2 rings (SSSR count). The summed E-state index contributed by atoms with van der Waals surface area (Å²) in [5.41, 5.74) is 0.896. The van der Waals surface area contributed by atoms with E-state index in [1.54, 1.807) is 18.1 Å². The van der Waals surface area contributed by atoms with Crippen LogP contribution >= 0.6 is 0 Å². The molecule has 12 nitrogen and oxygen atoms in total. The van der Waals surface area contributed by atoms with E-state index >= 15 is 0 Å². The van der Waals surface area contributed by atoms with Gasteiger partial charge < -0.3 is 14.2 Å². The van der Waals surface area contributed by atoms with Gasteiger partial charge in [0.1, 0.15) is 11.9 Å². The predicted molar refractivity (Wildman–Crippen MR) is 122 cm³/mol. The molecular formula is C17H28N2Na2O10S2. The quantitative estimate of drug-likeness (QED) is 0.271. The normalized spacial score (nSPS) is 16.3. The Morgan fingerprint density at radius 2 is 1.42 bits per heavy atom. The van der Waals surface area contributed by atoms with E-state index in [2.05, 4.69) is 9.08 Å². The second-order valence-electron chi connectivity index (χ2n) is 6.96. The molecule has 0 amide bonds. The largest absolute Gasteiger partial charge is 0.493 e. The van der Waals surface area contributed by atoms with Crippen molar-refractivity contribution < 1.29 is 44.3 Å². The number of nitrogens with zero attached hydrogens (tertiary/aromatic N) is 2. The molecule has 16 heteroatoms. The molecule has 0 aliphatic carbocycles. The zero-order valence-electron chi connectivity index (χ0n) is 19.6. The standard InChI is InChI=1S/C17H28N2O10S2.2Na/c1-26-15-5-4-13(16(27-2)17(15)28-3)10-18-6-8-19(9-7-18)11-14(12-30(20,21)22)29-31(23,24)25;;/h4-5,14H,6-12H2,1-3H3,(H,20,21,22)(H,23,24,25);;. The monoisotopic (exact) mass is 530 g/mol. The van der Waals surface area contributed by atoms with Crippen LogP contribution in [-0.2, 0) is 31.2 Å². The first kappa shape index (κ1) is 33.3. The van der Waals surface area contributed by atoms with Gasteiger partial charge in [0.2, 0.25) is 5.75 Å². The van der Waals surface area contributed by atoms with Crippen LogP contribution in [0.3, 0.4) is 0 Å². The Bertz CT molecular complexity index is 921. The topological polar surface area (TPSA) is 152 Å². The third-order valence-corrected chi connectivity index (χ3v) is 6.07. The molecule has 1 aliphatic rings. The second-order valence-corrected chi connectivity index (χ2v) is 9.51. The van der Waals surface area contributed by atoms with Gasteiger partial charge >= 0.3 is 10.4 Å². The van der Waals surface area contributed by atoms with E-state index in [0.29, 0.717) is 50.0 Å². The number of benzene rings is 1. The van der Waals surface area contributed by atoms with E-state index in [1.165, 1.54) is 14.2 Å². The average molecular weight is 531 g/mol. The fourth-order valence-electron chi connectivity index (χ4n) is 3.46. The minimum atomic E-state index is -4.87. The summed E-state index contributed by atoms with van der Waals surface area (Å²) < 4.78 is 82.7. The number of hydrogen-bond acceptors (Lipinski definition) is 10. The third-order valence-electron chi connectivity index (χ3n) is 4.76. The summed E-state index contributed by atoms with van der Waals surface area (Å²) in [6.07, 6.45) is -1.43. The van der Waals surface area contributed by atoms with Gasteiger partial charge in [-0.15, -0.1) is 0 Å². The minimum Gasteiger partial charge on any atom is -0.493 e. The average Bonchev–Trinajstić information content (AvgIpc) is 2.66. The van der Waals surface area contributed by atoms with Gasteiger partial charge in [0.15, 0.2) is 11.5 Å². The third kappa shape index (κ3) is 11.3. The van der Waals surface area contributed by atoms with Crippen molar-refractivity contribution in [2.24, 2.45) is 0 Å². The molecular weight excluding hydrogens is 502 g/mol. The van der Waals surface area contributed by atoms with Crippen molar-refractivity contribution >= 4 is 79.6 Å². The molecule has 1 heterocycles. The van der Waals surface area contributed by atoms with Crippen LogP contribution in [0.1, 0.15) is 5.56 Å². The Balaban J connectivity index is 0.00000512. The summed E-state index contributed by atoms with van der Waals surface area (Å²) >= 11 is 0. The number of piperazine rings is 1. The van der Waals surface area contributed by atoms with Crippen LogP contribution in [-0.4, -0.2) is 161 Å². The smallest absolute Gasteiger partial charge is 0.397 e. The summed E-state index contributed by atoms with van der Waals surface area (Å²) in [5, 5.41) is 0. The van der Waals surface area contributed by atoms with Crippen LogP contribution < -0.4 is 14.2 Å². The van der Waals surface area contributed by atoms with E-state index in [9.17, 15) is 16.8 Å². The molecule has 0 saturated carbocycles. The van der Waals surface area contributed by atoms with Crippen molar-refractivity contribution in [2.45, 2.75) is 12.6 Å². The first-order valence-corrected chi connectivity index (χ1v) is 12.3. The molecule has 1 atom stereocenters. The summed E-state index contributed by atoms with van der Waals surface area (Å²) in [7, 11) is -4.75. The van der Waals surface area contributed by atoms with E-state index in [-0.39, 0.29) is 65.7 Å². The Labute approximate surface area is 239 Å². The van der Waals surface area contributed by atoms with Gasteiger partial charge in [-0.3, -0.25) is 18.9 Å². The molecule has 1 fully saturated rings. The van der Waals surface area contributed by atoms with Crippen LogP contribution in [0, 0.1) is 0 Å². The second kappa shape index (κ2) is 14.8. The van der Waals surface area contributed by atoms with Gasteiger partial charge in [0.25, 0.3) is 10.1 Å². The van der Waals surface area contributed by atoms with E-state index in [0.717, 1.165) is 5.56 Å². The van der Waals surface area contributed by atoms with E-state index < -0.39 is 32.4 Å². The van der Waals surface area contributed by atoms with Gasteiger partial charge in [-0.2, -0.15) is 16.8 Å². The predicted octanol–water partition coefficient (Wildman–Crippen LogP) is -0.856. The molecule has 2 N–H and O–H groups in total. The van der Waals surface area contributed by atoms with Crippen molar-refractivity contribution in [1.82, 2.24) is 9.80 Å². The molecule has 0 bridgehead atoms. The Hall–Kier alpha value is 0.320. The molecule has 180 valence electrons. The van der Waals surface area contributed by atoms with Crippen molar-refractivity contribution in [3.63, 3.8) is 0 Å². The zero-order chi connectivity index (χ0) is 23.2. The summed E-state index contributed by atoms with van der Waals surface area (Å²) in [5.74, 6) is 0.669. The fourth-order valence-corrected chi connectivity index (χ4v) is 4.67. The first-order valence-electron chi connectivity index (χ1n) is 9.29. The van der Waals surface area contributed by atoms with Crippen molar-refractivity contribution in [3.05, 3.63) is 17.7 Å². The number of methoxy groups -OCH3 is 3. The van der Waals surface area contributed by atoms with Crippen molar-refractivity contribution in [3.8, 4) is 17.2 Å². The summed E-state index contributed by atoms with van der Waals surface area (Å²) in [6, 6.07) is 3.67. The molecule has 2 radical (unpaired) electrons. The van der Waals surface area contributed by atoms with Crippen molar-refractivity contribution in [1.29, 1.82) is 0 Å². The number of hydrogen-bond donors (Lipinski definition) is 2. The van der Waals surface area contributed by atoms with Gasteiger partial charge in [0.05, 0.1) is 21.3 Å². The van der Waals surface area contributed by atoms with Gasteiger partial charge in [-0.25, -0.2) is 4.18 Å². The van der Waals surface area contributed by atoms with Crippen LogP contribution in [0.4, 0.5) is 0 Å². The zero-order valence-corrected chi connectivity index (χ0v) is 25.2. The van der Waals surface area contributed by atoms with Crippen LogP contribution in [0.25, 0.3) is 0 Å². The SMILES string of the molecule is COc1ccc(CN2CCN(CC(CS(=O)(=O)O)OS(=O)(=O)O)CC2)c(OC)c1OC.[Na].[Na]. The molecule has 0 spiro atoms. The van der Waals surface area contributed by atoms with E-state index in [1.807, 2.05) is 6.07 Å². The van der Waals surface area contributed by atoms with Crippen LogP contribution in [0.2, 0.25) is 0 Å². The number of ether oxygens (including phenoxy) is 3. The molecule has 1 saturated heterocycles. The maximum atomic E-state index is 11.1. The van der Waals surface area contributed by atoms with Crippen LogP contribution in [0.15, 0.2) is 12.1 Å².